The predicted molar refractivity (Wildman–Crippen MR) is 119 cm³/mol. The van der Waals surface area contributed by atoms with Gasteiger partial charge in [-0.1, -0.05) is 73.8 Å². The summed E-state index contributed by atoms with van der Waals surface area (Å²) in [5.74, 6) is 0. The summed E-state index contributed by atoms with van der Waals surface area (Å²) < 4.78 is 6.84. The number of hydrogen-bond acceptors (Lipinski definition) is 2. The molecule has 0 aliphatic rings. The summed E-state index contributed by atoms with van der Waals surface area (Å²) in [6.45, 7) is 8.88. The van der Waals surface area contributed by atoms with Crippen molar-refractivity contribution < 1.29 is 4.43 Å². The van der Waals surface area contributed by atoms with Crippen LogP contribution in [0.25, 0.3) is 0 Å². The molecule has 5 heteroatoms. The Morgan fingerprint density at radius 1 is 1.04 bits per heavy atom. The van der Waals surface area contributed by atoms with Crippen LogP contribution in [0.4, 0.5) is 0 Å². The number of aromatic nitrogens is 1. The molecule has 0 radical (unpaired) electrons. The fourth-order valence-electron chi connectivity index (χ4n) is 3.65. The van der Waals surface area contributed by atoms with Crippen molar-refractivity contribution in [1.29, 1.82) is 0 Å². The van der Waals surface area contributed by atoms with E-state index in [2.05, 4.69) is 56.9 Å². The van der Waals surface area contributed by atoms with Gasteiger partial charge in [0.05, 0.1) is 16.1 Å². The van der Waals surface area contributed by atoms with E-state index in [4.69, 9.17) is 27.6 Å². The van der Waals surface area contributed by atoms with E-state index in [1.807, 2.05) is 0 Å². The molecule has 1 atom stereocenters. The molecule has 148 valence electrons. The Balaban J connectivity index is 2.21. The second-order valence-electron chi connectivity index (χ2n) is 7.25. The SMILES string of the molecule is CC[Si](CC)(CC)OC(CCCc1cccc(C)c1)c1c(Cl)cncc1Cl. The molecule has 0 saturated heterocycles. The molecule has 0 N–H and O–H groups in total. The van der Waals surface area contributed by atoms with Crippen molar-refractivity contribution in [3.63, 3.8) is 0 Å². The Morgan fingerprint density at radius 3 is 2.22 bits per heavy atom. The third-order valence-corrected chi connectivity index (χ3v) is 10.8. The van der Waals surface area contributed by atoms with Gasteiger partial charge in [0.15, 0.2) is 8.32 Å². The molecular weight excluding hydrogens is 393 g/mol. The molecule has 2 aromatic rings. The highest BCUT2D eigenvalue weighted by Crippen LogP contribution is 2.38. The minimum atomic E-state index is -1.79. The first-order valence-electron chi connectivity index (χ1n) is 9.97. The largest absolute Gasteiger partial charge is 0.410 e. The molecule has 0 aliphatic heterocycles. The summed E-state index contributed by atoms with van der Waals surface area (Å²) in [5.41, 5.74) is 3.57. The Kier molecular flexibility index (Phi) is 8.81. The molecule has 0 fully saturated rings. The first kappa shape index (κ1) is 22.4. The van der Waals surface area contributed by atoms with Gasteiger partial charge in [-0.25, -0.2) is 0 Å². The molecule has 0 spiro atoms. The number of nitrogens with zero attached hydrogens (tertiary/aromatic N) is 1. The lowest BCUT2D eigenvalue weighted by Crippen LogP contribution is -2.37. The molecule has 27 heavy (non-hydrogen) atoms. The second kappa shape index (κ2) is 10.6. The summed E-state index contributed by atoms with van der Waals surface area (Å²) in [6.07, 6.45) is 6.25. The predicted octanol–water partition coefficient (Wildman–Crippen LogP) is 7.78. The highest BCUT2D eigenvalue weighted by Gasteiger charge is 2.33. The van der Waals surface area contributed by atoms with Gasteiger partial charge in [0.25, 0.3) is 0 Å². The number of pyridine rings is 1. The zero-order valence-electron chi connectivity index (χ0n) is 16.9. The molecule has 1 unspecified atom stereocenters. The third kappa shape index (κ3) is 6.05. The number of benzene rings is 1. The number of hydrogen-bond donors (Lipinski definition) is 0. The maximum atomic E-state index is 6.84. The van der Waals surface area contributed by atoms with Gasteiger partial charge in [-0.2, -0.15) is 0 Å². The van der Waals surface area contributed by atoms with Crippen LogP contribution in [0.1, 0.15) is 56.4 Å². The lowest BCUT2D eigenvalue weighted by atomic mass is 10.0. The first-order chi connectivity index (χ1) is 12.9. The summed E-state index contributed by atoms with van der Waals surface area (Å²) in [6, 6.07) is 12.0. The van der Waals surface area contributed by atoms with Crippen LogP contribution in [0.3, 0.4) is 0 Å². The van der Waals surface area contributed by atoms with Crippen molar-refractivity contribution in [2.75, 3.05) is 0 Å². The van der Waals surface area contributed by atoms with E-state index in [9.17, 15) is 0 Å². The molecule has 0 aliphatic carbocycles. The Labute approximate surface area is 175 Å². The van der Waals surface area contributed by atoms with Crippen molar-refractivity contribution in [1.82, 2.24) is 4.98 Å². The van der Waals surface area contributed by atoms with Gasteiger partial charge >= 0.3 is 0 Å². The van der Waals surface area contributed by atoms with Gasteiger partial charge in [-0.15, -0.1) is 0 Å². The lowest BCUT2D eigenvalue weighted by molar-refractivity contribution is 0.176. The van der Waals surface area contributed by atoms with Crippen molar-refractivity contribution >= 4 is 31.5 Å². The second-order valence-corrected chi connectivity index (χ2v) is 12.8. The van der Waals surface area contributed by atoms with Crippen LogP contribution in [0.15, 0.2) is 36.7 Å². The smallest absolute Gasteiger partial charge is 0.192 e. The molecule has 1 aromatic carbocycles. The van der Waals surface area contributed by atoms with E-state index in [0.717, 1.165) is 43.0 Å². The normalized spacial score (nSPS) is 13.0. The molecule has 0 saturated carbocycles. The number of rotatable bonds is 10. The Bertz CT molecular complexity index is 705. The van der Waals surface area contributed by atoms with Crippen LogP contribution in [0.5, 0.6) is 0 Å². The topological polar surface area (TPSA) is 22.1 Å². The Morgan fingerprint density at radius 2 is 1.67 bits per heavy atom. The fraction of sp³-hybridized carbons (Fsp3) is 0.500. The van der Waals surface area contributed by atoms with Crippen LogP contribution in [-0.2, 0) is 10.8 Å². The van der Waals surface area contributed by atoms with Gasteiger partial charge in [-0.05, 0) is 49.9 Å². The molecule has 1 heterocycles. The molecule has 2 rings (SSSR count). The van der Waals surface area contributed by atoms with Gasteiger partial charge < -0.3 is 4.43 Å². The van der Waals surface area contributed by atoms with E-state index >= 15 is 0 Å². The van der Waals surface area contributed by atoms with Crippen molar-refractivity contribution in [2.45, 2.75) is 71.2 Å². The number of halogens is 2. The third-order valence-electron chi connectivity index (χ3n) is 5.55. The minimum absolute atomic E-state index is 0.0654. The molecule has 0 bridgehead atoms. The van der Waals surface area contributed by atoms with Crippen LogP contribution >= 0.6 is 23.2 Å². The summed E-state index contributed by atoms with van der Waals surface area (Å²) in [4.78, 5) is 4.11. The zero-order chi connectivity index (χ0) is 19.9. The van der Waals surface area contributed by atoms with Crippen molar-refractivity contribution in [2.24, 2.45) is 0 Å². The molecular formula is C22H31Cl2NOSi. The lowest BCUT2D eigenvalue weighted by Gasteiger charge is -2.34. The first-order valence-corrected chi connectivity index (χ1v) is 13.3. The van der Waals surface area contributed by atoms with Crippen LogP contribution in [0, 0.1) is 6.92 Å². The zero-order valence-corrected chi connectivity index (χ0v) is 19.4. The van der Waals surface area contributed by atoms with E-state index < -0.39 is 8.32 Å². The highest BCUT2D eigenvalue weighted by molar-refractivity contribution is 6.73. The average molecular weight is 424 g/mol. The molecule has 0 amide bonds. The minimum Gasteiger partial charge on any atom is -0.410 e. The summed E-state index contributed by atoms with van der Waals surface area (Å²) in [5, 5.41) is 1.21. The van der Waals surface area contributed by atoms with Crippen LogP contribution in [-0.4, -0.2) is 13.3 Å². The maximum absolute atomic E-state index is 6.84. The van der Waals surface area contributed by atoms with Crippen molar-refractivity contribution in [3.05, 3.63) is 63.4 Å². The number of aryl methyl sites for hydroxylation is 2. The highest BCUT2D eigenvalue weighted by atomic mass is 35.5. The fourth-order valence-corrected chi connectivity index (χ4v) is 7.10. The quantitative estimate of drug-likeness (QED) is 0.363. The van der Waals surface area contributed by atoms with E-state index in [-0.39, 0.29) is 6.10 Å². The van der Waals surface area contributed by atoms with E-state index in [1.165, 1.54) is 11.1 Å². The van der Waals surface area contributed by atoms with Gasteiger partial charge in [0, 0.05) is 18.0 Å². The van der Waals surface area contributed by atoms with Crippen LogP contribution < -0.4 is 0 Å². The van der Waals surface area contributed by atoms with Crippen molar-refractivity contribution in [3.8, 4) is 0 Å². The average Bonchev–Trinajstić information content (AvgIpc) is 2.66. The van der Waals surface area contributed by atoms with E-state index in [0.29, 0.717) is 10.0 Å². The monoisotopic (exact) mass is 423 g/mol. The van der Waals surface area contributed by atoms with E-state index in [1.54, 1.807) is 12.4 Å². The van der Waals surface area contributed by atoms with Gasteiger partial charge in [-0.3, -0.25) is 4.98 Å². The maximum Gasteiger partial charge on any atom is 0.192 e. The van der Waals surface area contributed by atoms with Gasteiger partial charge in [0.1, 0.15) is 0 Å². The summed E-state index contributed by atoms with van der Waals surface area (Å²) in [7, 11) is -1.79. The standard InChI is InChI=1S/C22H31Cl2NOSi/c1-5-27(6-2,7-3)26-21(22-19(23)15-25-16-20(22)24)13-9-12-18-11-8-10-17(4)14-18/h8,10-11,14-16,21H,5-7,9,12-13H2,1-4H3. The summed E-state index contributed by atoms with van der Waals surface area (Å²) >= 11 is 13.0. The van der Waals surface area contributed by atoms with Crippen LogP contribution in [0.2, 0.25) is 28.2 Å². The molecule has 2 nitrogen and oxygen atoms in total. The molecule has 1 aromatic heterocycles. The van der Waals surface area contributed by atoms with Gasteiger partial charge in [0.2, 0.25) is 0 Å². The Hall–Kier alpha value is -0.873.